The molecule has 0 unspecified atom stereocenters. The molecule has 122 valence electrons. The van der Waals surface area contributed by atoms with Gasteiger partial charge < -0.3 is 10.4 Å². The van der Waals surface area contributed by atoms with Gasteiger partial charge in [-0.15, -0.1) is 11.3 Å². The van der Waals surface area contributed by atoms with Gasteiger partial charge in [0.15, 0.2) is 5.75 Å². The third-order valence-electron chi connectivity index (χ3n) is 3.90. The molecule has 2 aromatic rings. The van der Waals surface area contributed by atoms with E-state index in [9.17, 15) is 19.6 Å². The summed E-state index contributed by atoms with van der Waals surface area (Å²) in [5, 5.41) is 26.5. The molecule has 1 atom stereocenters. The van der Waals surface area contributed by atoms with Gasteiger partial charge in [0.1, 0.15) is 5.82 Å². The highest BCUT2D eigenvalue weighted by atomic mass is 32.1. The van der Waals surface area contributed by atoms with Crippen LogP contribution in [-0.4, -0.2) is 41.1 Å². The van der Waals surface area contributed by atoms with Gasteiger partial charge in [0.2, 0.25) is 0 Å². The molecule has 1 aromatic heterocycles. The van der Waals surface area contributed by atoms with Crippen LogP contribution in [0.5, 0.6) is 5.75 Å². The first-order chi connectivity index (χ1) is 11.1. The van der Waals surface area contributed by atoms with Crippen LogP contribution >= 0.6 is 11.3 Å². The van der Waals surface area contributed by atoms with E-state index in [1.165, 1.54) is 17.4 Å². The molecule has 1 saturated heterocycles. The fourth-order valence-electron chi connectivity index (χ4n) is 2.87. The molecule has 0 saturated carbocycles. The molecule has 3 rings (SSSR count). The van der Waals surface area contributed by atoms with Crippen LogP contribution in [0.15, 0.2) is 29.6 Å². The number of rotatable bonds is 4. The molecular formula is C15H16FN3O3S. The highest BCUT2D eigenvalue weighted by Crippen LogP contribution is 2.41. The minimum atomic E-state index is -0.759. The standard InChI is InChI=1S/C15H16FN3O3S/c16-10-8-11(15(20)12(9-10)19(21)22)14(13-2-1-7-23-13)18-5-3-17-4-6-18/h1-2,7-9,14,17,20H,3-6H2/t14-/m0/s1. The van der Waals surface area contributed by atoms with Gasteiger partial charge in [0, 0.05) is 36.6 Å². The summed E-state index contributed by atoms with van der Waals surface area (Å²) in [7, 11) is 0. The Bertz CT molecular complexity index is 702. The van der Waals surface area contributed by atoms with Gasteiger partial charge in [0.25, 0.3) is 0 Å². The number of benzene rings is 1. The number of hydrogen-bond acceptors (Lipinski definition) is 6. The van der Waals surface area contributed by atoms with E-state index < -0.39 is 28.2 Å². The molecule has 0 radical (unpaired) electrons. The topological polar surface area (TPSA) is 78.6 Å². The molecule has 0 spiro atoms. The Hall–Kier alpha value is -2.03. The Kier molecular flexibility index (Phi) is 4.56. The molecule has 0 amide bonds. The zero-order valence-electron chi connectivity index (χ0n) is 12.2. The predicted octanol–water partition coefficient (Wildman–Crippen LogP) is 2.50. The first-order valence-corrected chi connectivity index (χ1v) is 8.11. The van der Waals surface area contributed by atoms with E-state index in [1.807, 2.05) is 17.5 Å². The number of phenols is 1. The molecule has 8 heteroatoms. The smallest absolute Gasteiger partial charge is 0.313 e. The number of aromatic hydroxyl groups is 1. The third kappa shape index (κ3) is 3.19. The molecule has 1 aliphatic heterocycles. The number of halogens is 1. The SMILES string of the molecule is O=[N+]([O-])c1cc(F)cc([C@@H](c2cccs2)N2CCNCC2)c1O. The molecule has 23 heavy (non-hydrogen) atoms. The van der Waals surface area contributed by atoms with E-state index in [0.717, 1.165) is 24.0 Å². The van der Waals surface area contributed by atoms with Gasteiger partial charge >= 0.3 is 5.69 Å². The van der Waals surface area contributed by atoms with Crippen molar-refractivity contribution < 1.29 is 14.4 Å². The van der Waals surface area contributed by atoms with Crippen molar-refractivity contribution in [2.24, 2.45) is 0 Å². The molecule has 6 nitrogen and oxygen atoms in total. The Morgan fingerprint density at radius 3 is 2.74 bits per heavy atom. The van der Waals surface area contributed by atoms with Gasteiger partial charge in [-0.25, -0.2) is 4.39 Å². The van der Waals surface area contributed by atoms with Crippen LogP contribution in [-0.2, 0) is 0 Å². The largest absolute Gasteiger partial charge is 0.502 e. The minimum absolute atomic E-state index is 0.237. The minimum Gasteiger partial charge on any atom is -0.502 e. The molecule has 0 bridgehead atoms. The van der Waals surface area contributed by atoms with E-state index in [1.54, 1.807) is 0 Å². The second-order valence-electron chi connectivity index (χ2n) is 5.32. The van der Waals surface area contributed by atoms with E-state index >= 15 is 0 Å². The highest BCUT2D eigenvalue weighted by molar-refractivity contribution is 7.10. The first kappa shape index (κ1) is 15.9. The number of piperazine rings is 1. The van der Waals surface area contributed by atoms with E-state index in [-0.39, 0.29) is 5.56 Å². The Labute approximate surface area is 136 Å². The predicted molar refractivity (Wildman–Crippen MR) is 85.3 cm³/mol. The number of nitrogens with zero attached hydrogens (tertiary/aromatic N) is 2. The van der Waals surface area contributed by atoms with Crippen molar-refractivity contribution >= 4 is 17.0 Å². The second kappa shape index (κ2) is 6.61. The van der Waals surface area contributed by atoms with Crippen LogP contribution in [0.2, 0.25) is 0 Å². The Morgan fingerprint density at radius 2 is 2.13 bits per heavy atom. The lowest BCUT2D eigenvalue weighted by molar-refractivity contribution is -0.386. The normalized spacial score (nSPS) is 17.1. The summed E-state index contributed by atoms with van der Waals surface area (Å²) >= 11 is 1.48. The van der Waals surface area contributed by atoms with Crippen molar-refractivity contribution in [3.05, 3.63) is 56.0 Å². The van der Waals surface area contributed by atoms with Crippen LogP contribution in [0.25, 0.3) is 0 Å². The molecule has 0 aliphatic carbocycles. The average molecular weight is 337 g/mol. The average Bonchev–Trinajstić information content (AvgIpc) is 3.05. The lowest BCUT2D eigenvalue weighted by atomic mass is 10.0. The van der Waals surface area contributed by atoms with Crippen molar-refractivity contribution in [2.45, 2.75) is 6.04 Å². The van der Waals surface area contributed by atoms with E-state index in [4.69, 9.17) is 0 Å². The first-order valence-electron chi connectivity index (χ1n) is 7.23. The summed E-state index contributed by atoms with van der Waals surface area (Å²) in [6.45, 7) is 2.98. The monoisotopic (exact) mass is 337 g/mol. The lowest BCUT2D eigenvalue weighted by Gasteiger charge is -2.34. The van der Waals surface area contributed by atoms with Gasteiger partial charge in [-0.1, -0.05) is 6.07 Å². The van der Waals surface area contributed by atoms with Crippen molar-refractivity contribution in [1.29, 1.82) is 0 Å². The zero-order valence-corrected chi connectivity index (χ0v) is 13.1. The maximum Gasteiger partial charge on any atom is 0.313 e. The van der Waals surface area contributed by atoms with Gasteiger partial charge in [-0.3, -0.25) is 15.0 Å². The molecule has 1 fully saturated rings. The summed E-state index contributed by atoms with van der Waals surface area (Å²) < 4.78 is 13.9. The van der Waals surface area contributed by atoms with Crippen LogP contribution < -0.4 is 5.32 Å². The van der Waals surface area contributed by atoms with Crippen molar-refractivity contribution in [1.82, 2.24) is 10.2 Å². The summed E-state index contributed by atoms with van der Waals surface area (Å²) in [6.07, 6.45) is 0. The summed E-state index contributed by atoms with van der Waals surface area (Å²) in [4.78, 5) is 13.3. The zero-order chi connectivity index (χ0) is 16.4. The van der Waals surface area contributed by atoms with Crippen LogP contribution in [0.4, 0.5) is 10.1 Å². The number of nitro benzene ring substituents is 1. The third-order valence-corrected chi connectivity index (χ3v) is 4.83. The quantitative estimate of drug-likeness (QED) is 0.662. The summed E-state index contributed by atoms with van der Waals surface area (Å²) in [6, 6.07) is 5.32. The lowest BCUT2D eigenvalue weighted by Crippen LogP contribution is -2.45. The van der Waals surface area contributed by atoms with Crippen molar-refractivity contribution in [2.75, 3.05) is 26.2 Å². The van der Waals surface area contributed by atoms with Crippen LogP contribution in [0, 0.1) is 15.9 Å². The van der Waals surface area contributed by atoms with E-state index in [0.29, 0.717) is 13.1 Å². The highest BCUT2D eigenvalue weighted by Gasteiger charge is 2.31. The molecule has 2 heterocycles. The maximum absolute atomic E-state index is 13.9. The van der Waals surface area contributed by atoms with Crippen molar-refractivity contribution in [3.63, 3.8) is 0 Å². The van der Waals surface area contributed by atoms with Crippen LogP contribution in [0.3, 0.4) is 0 Å². The fourth-order valence-corrected chi connectivity index (χ4v) is 3.75. The number of nitrogens with one attached hydrogen (secondary N) is 1. The Balaban J connectivity index is 2.11. The van der Waals surface area contributed by atoms with Gasteiger partial charge in [-0.05, 0) is 17.5 Å². The molecule has 1 aliphatic rings. The maximum atomic E-state index is 13.9. The van der Waals surface area contributed by atoms with Crippen LogP contribution in [0.1, 0.15) is 16.5 Å². The number of phenolic OH excluding ortho intramolecular Hbond substituents is 1. The number of thiophene rings is 1. The molecule has 2 N–H and O–H groups in total. The molecular weight excluding hydrogens is 321 g/mol. The Morgan fingerprint density at radius 1 is 1.39 bits per heavy atom. The summed E-state index contributed by atoms with van der Waals surface area (Å²) in [5.74, 6) is -1.19. The van der Waals surface area contributed by atoms with Crippen molar-refractivity contribution in [3.8, 4) is 5.75 Å². The number of nitro groups is 1. The van der Waals surface area contributed by atoms with Gasteiger partial charge in [0.05, 0.1) is 17.0 Å². The summed E-state index contributed by atoms with van der Waals surface area (Å²) in [5.41, 5.74) is -0.363. The molecule has 1 aromatic carbocycles. The number of hydrogen-bond donors (Lipinski definition) is 2. The second-order valence-corrected chi connectivity index (χ2v) is 6.30. The van der Waals surface area contributed by atoms with Gasteiger partial charge in [-0.2, -0.15) is 0 Å². The fraction of sp³-hybridized carbons (Fsp3) is 0.333. The van der Waals surface area contributed by atoms with E-state index in [2.05, 4.69) is 10.2 Å².